The maximum absolute atomic E-state index is 12.6. The topological polar surface area (TPSA) is 114 Å². The molecule has 1 aliphatic heterocycles. The van der Waals surface area contributed by atoms with Crippen molar-refractivity contribution in [1.29, 1.82) is 0 Å². The Bertz CT molecular complexity index is 1040. The van der Waals surface area contributed by atoms with E-state index in [2.05, 4.69) is 10.4 Å². The zero-order chi connectivity index (χ0) is 21.9. The number of amides is 2. The first-order chi connectivity index (χ1) is 14.2. The Balaban J connectivity index is 1.69. The molecule has 2 amide bonds. The molecule has 0 spiro atoms. The third-order valence-corrected chi connectivity index (χ3v) is 6.15. The molecule has 2 heterocycles. The van der Waals surface area contributed by atoms with E-state index in [1.165, 1.54) is 16.8 Å². The number of anilines is 1. The van der Waals surface area contributed by atoms with Crippen molar-refractivity contribution in [3.05, 3.63) is 41.7 Å². The lowest BCUT2D eigenvalue weighted by Gasteiger charge is -2.33. The average molecular weight is 436 g/mol. The van der Waals surface area contributed by atoms with Gasteiger partial charge >= 0.3 is 12.0 Å². The number of piperazine rings is 1. The Morgan fingerprint density at radius 3 is 2.53 bits per heavy atom. The maximum atomic E-state index is 12.6. The molecule has 11 heteroatoms. The van der Waals surface area contributed by atoms with E-state index < -0.39 is 16.0 Å². The summed E-state index contributed by atoms with van der Waals surface area (Å²) in [6.45, 7) is 4.98. The third kappa shape index (κ3) is 4.79. The van der Waals surface area contributed by atoms with Crippen molar-refractivity contribution < 1.29 is 22.7 Å². The molecule has 0 bridgehead atoms. The molecular formula is C19H25N5O5S. The van der Waals surface area contributed by atoms with E-state index in [1.54, 1.807) is 41.6 Å². The van der Waals surface area contributed by atoms with Gasteiger partial charge in [0.2, 0.25) is 10.0 Å². The number of sulfonamides is 1. The van der Waals surface area contributed by atoms with E-state index in [4.69, 9.17) is 4.74 Å². The van der Waals surface area contributed by atoms with E-state index in [1.807, 2.05) is 6.07 Å². The van der Waals surface area contributed by atoms with Gasteiger partial charge in [-0.2, -0.15) is 9.40 Å². The molecule has 1 aliphatic rings. The molecule has 3 rings (SSSR count). The first-order valence-corrected chi connectivity index (χ1v) is 11.4. The van der Waals surface area contributed by atoms with Crippen molar-refractivity contribution >= 4 is 27.7 Å². The lowest BCUT2D eigenvalue weighted by molar-refractivity contribution is 0.0525. The van der Waals surface area contributed by atoms with Gasteiger partial charge in [-0.3, -0.25) is 0 Å². The predicted octanol–water partition coefficient (Wildman–Crippen LogP) is 1.47. The van der Waals surface area contributed by atoms with Gasteiger partial charge < -0.3 is 15.0 Å². The number of nitrogens with zero attached hydrogens (tertiary/aromatic N) is 4. The predicted molar refractivity (Wildman–Crippen MR) is 111 cm³/mol. The molecule has 1 fully saturated rings. The van der Waals surface area contributed by atoms with Crippen LogP contribution in [0.1, 0.15) is 23.0 Å². The molecular weight excluding hydrogens is 410 g/mol. The summed E-state index contributed by atoms with van der Waals surface area (Å²) in [4.78, 5) is 26.1. The molecule has 0 unspecified atom stereocenters. The Morgan fingerprint density at radius 1 is 1.20 bits per heavy atom. The third-order valence-electron chi connectivity index (χ3n) is 4.84. The van der Waals surface area contributed by atoms with E-state index in [0.717, 1.165) is 0 Å². The minimum absolute atomic E-state index is 0.273. The Kier molecular flexibility index (Phi) is 6.42. The van der Waals surface area contributed by atoms with Crippen LogP contribution in [0.2, 0.25) is 0 Å². The van der Waals surface area contributed by atoms with Gasteiger partial charge in [-0.1, -0.05) is 6.07 Å². The number of benzene rings is 1. The minimum Gasteiger partial charge on any atom is -0.462 e. The summed E-state index contributed by atoms with van der Waals surface area (Å²) in [5.74, 6) is -0.432. The van der Waals surface area contributed by atoms with Gasteiger partial charge in [-0.15, -0.1) is 0 Å². The fraction of sp³-hybridized carbons (Fsp3) is 0.421. The fourth-order valence-electron chi connectivity index (χ4n) is 3.22. The van der Waals surface area contributed by atoms with Crippen LogP contribution in [-0.2, 0) is 14.8 Å². The van der Waals surface area contributed by atoms with Crippen LogP contribution in [0.3, 0.4) is 0 Å². The monoisotopic (exact) mass is 435 g/mol. The highest BCUT2D eigenvalue weighted by Gasteiger charge is 2.26. The van der Waals surface area contributed by atoms with Crippen LogP contribution in [0.5, 0.6) is 0 Å². The van der Waals surface area contributed by atoms with Crippen molar-refractivity contribution in [2.45, 2.75) is 13.8 Å². The van der Waals surface area contributed by atoms with Gasteiger partial charge in [0.1, 0.15) is 5.56 Å². The molecule has 10 nitrogen and oxygen atoms in total. The molecule has 1 aromatic heterocycles. The summed E-state index contributed by atoms with van der Waals surface area (Å²) < 4.78 is 31.2. The number of rotatable bonds is 5. The summed E-state index contributed by atoms with van der Waals surface area (Å²) in [6, 6.07) is 6.79. The quantitative estimate of drug-likeness (QED) is 0.712. The van der Waals surface area contributed by atoms with Crippen LogP contribution in [0.4, 0.5) is 10.5 Å². The number of urea groups is 1. The number of hydrogen-bond donors (Lipinski definition) is 1. The van der Waals surface area contributed by atoms with Crippen LogP contribution < -0.4 is 5.32 Å². The highest BCUT2D eigenvalue weighted by atomic mass is 32.2. The van der Waals surface area contributed by atoms with E-state index in [9.17, 15) is 18.0 Å². The number of nitrogens with one attached hydrogen (secondary N) is 1. The molecule has 0 aliphatic carbocycles. The number of hydrogen-bond acceptors (Lipinski definition) is 6. The maximum Gasteiger partial charge on any atom is 0.341 e. The van der Waals surface area contributed by atoms with Crippen molar-refractivity contribution in [2.24, 2.45) is 0 Å². The second kappa shape index (κ2) is 8.84. The zero-order valence-corrected chi connectivity index (χ0v) is 18.0. The van der Waals surface area contributed by atoms with E-state index >= 15 is 0 Å². The van der Waals surface area contributed by atoms with Crippen LogP contribution in [0.15, 0.2) is 30.5 Å². The Hall–Kier alpha value is -2.92. The molecule has 30 heavy (non-hydrogen) atoms. The van der Waals surface area contributed by atoms with Gasteiger partial charge in [0.25, 0.3) is 0 Å². The average Bonchev–Trinajstić information content (AvgIpc) is 3.09. The van der Waals surface area contributed by atoms with Crippen LogP contribution in [0, 0.1) is 6.92 Å². The number of aromatic nitrogens is 2. The summed E-state index contributed by atoms with van der Waals surface area (Å²) in [7, 11) is -3.25. The lowest BCUT2D eigenvalue weighted by Crippen LogP contribution is -2.51. The number of esters is 1. The SMILES string of the molecule is CCOC(=O)c1cnn(-c2cccc(NC(=O)N3CCN(S(C)(=O)=O)CC3)c2)c1C. The van der Waals surface area contributed by atoms with Crippen LogP contribution >= 0.6 is 0 Å². The summed E-state index contributed by atoms with van der Waals surface area (Å²) in [6.07, 6.45) is 2.62. The second-order valence-electron chi connectivity index (χ2n) is 6.91. The zero-order valence-electron chi connectivity index (χ0n) is 17.2. The molecule has 0 saturated carbocycles. The molecule has 0 atom stereocenters. The first-order valence-electron chi connectivity index (χ1n) is 9.54. The van der Waals surface area contributed by atoms with Crippen molar-refractivity contribution in [1.82, 2.24) is 19.0 Å². The molecule has 162 valence electrons. The molecule has 1 N–H and O–H groups in total. The summed E-state index contributed by atoms with van der Waals surface area (Å²) >= 11 is 0. The highest BCUT2D eigenvalue weighted by Crippen LogP contribution is 2.19. The highest BCUT2D eigenvalue weighted by molar-refractivity contribution is 7.88. The van der Waals surface area contributed by atoms with Gasteiger partial charge in [0, 0.05) is 31.9 Å². The largest absolute Gasteiger partial charge is 0.462 e. The van der Waals surface area contributed by atoms with Gasteiger partial charge in [0.15, 0.2) is 0 Å². The normalized spacial score (nSPS) is 15.1. The molecule has 2 aromatic rings. The Morgan fingerprint density at radius 2 is 1.90 bits per heavy atom. The van der Waals surface area contributed by atoms with Gasteiger partial charge in [0.05, 0.1) is 30.4 Å². The summed E-state index contributed by atoms with van der Waals surface area (Å²) in [5, 5.41) is 7.09. The molecule has 1 saturated heterocycles. The second-order valence-corrected chi connectivity index (χ2v) is 8.89. The lowest BCUT2D eigenvalue weighted by atomic mass is 10.2. The van der Waals surface area contributed by atoms with Crippen LogP contribution in [-0.4, -0.2) is 78.4 Å². The summed E-state index contributed by atoms with van der Waals surface area (Å²) in [5.41, 5.74) is 2.27. The van der Waals surface area contributed by atoms with E-state index in [-0.39, 0.29) is 25.7 Å². The minimum atomic E-state index is -3.25. The number of carbonyl (C=O) groups is 2. The smallest absolute Gasteiger partial charge is 0.341 e. The van der Waals surface area contributed by atoms with Crippen molar-refractivity contribution in [3.63, 3.8) is 0 Å². The van der Waals surface area contributed by atoms with Crippen molar-refractivity contribution in [3.8, 4) is 5.69 Å². The first kappa shape index (κ1) is 21.8. The standard InChI is InChI=1S/C19H25N5O5S/c1-4-29-18(25)17-13-20-24(14(17)2)16-7-5-6-15(12-16)21-19(26)22-8-10-23(11-9-22)30(3,27)28/h5-7,12-13H,4,8-11H2,1-3H3,(H,21,26). The fourth-order valence-corrected chi connectivity index (χ4v) is 4.05. The van der Waals surface area contributed by atoms with Crippen LogP contribution in [0.25, 0.3) is 5.69 Å². The molecule has 0 radical (unpaired) electrons. The van der Waals surface area contributed by atoms with E-state index in [0.29, 0.717) is 35.7 Å². The van der Waals surface area contributed by atoms with Gasteiger partial charge in [-0.25, -0.2) is 22.7 Å². The number of ether oxygens (including phenoxy) is 1. The number of carbonyl (C=O) groups excluding carboxylic acids is 2. The van der Waals surface area contributed by atoms with Gasteiger partial charge in [-0.05, 0) is 32.0 Å². The van der Waals surface area contributed by atoms with Crippen molar-refractivity contribution in [2.75, 3.05) is 44.4 Å². The molecule has 1 aromatic carbocycles. The Labute approximate surface area is 175 Å².